The first-order chi connectivity index (χ1) is 13.2. The third-order valence-corrected chi connectivity index (χ3v) is 5.15. The number of carbonyl (C=O) groups excluding carboxylic acids is 2. The van der Waals surface area contributed by atoms with E-state index in [1.807, 2.05) is 12.1 Å². The highest BCUT2D eigenvalue weighted by Gasteiger charge is 2.24. The summed E-state index contributed by atoms with van der Waals surface area (Å²) in [6.07, 6.45) is 0.482. The maximum Gasteiger partial charge on any atom is 0.338 e. The van der Waals surface area contributed by atoms with E-state index in [1.54, 1.807) is 18.3 Å². The fraction of sp³-hybridized carbons (Fsp3) is 0.158. The number of H-pyrrole nitrogens is 1. The quantitative estimate of drug-likeness (QED) is 0.481. The first kappa shape index (κ1) is 19.6. The summed E-state index contributed by atoms with van der Waals surface area (Å²) in [5.41, 5.74) is 1.12. The van der Waals surface area contributed by atoms with E-state index in [1.165, 1.54) is 26.2 Å². The minimum atomic E-state index is -4.11. The number of hydrogen-bond donors (Lipinski definition) is 2. The van der Waals surface area contributed by atoms with Crippen molar-refractivity contribution in [3.63, 3.8) is 0 Å². The molecule has 0 bridgehead atoms. The molecule has 0 aliphatic rings. The highest BCUT2D eigenvalue weighted by Crippen LogP contribution is 2.25. The summed E-state index contributed by atoms with van der Waals surface area (Å²) in [6, 6.07) is 10.9. The molecule has 3 aromatic rings. The molecule has 28 heavy (non-hydrogen) atoms. The van der Waals surface area contributed by atoms with Crippen LogP contribution in [0.15, 0.2) is 53.6 Å². The molecular weight excluding hydrogens is 384 g/mol. The average Bonchev–Trinajstić information content (AvgIpc) is 3.10. The molecule has 1 aromatic heterocycles. The molecular formula is C19H18N2O6S. The third-order valence-electron chi connectivity index (χ3n) is 4.21. The summed E-state index contributed by atoms with van der Waals surface area (Å²) in [6.45, 7) is 1.45. The van der Waals surface area contributed by atoms with E-state index < -0.39 is 22.1 Å². The molecule has 9 heteroatoms. The van der Waals surface area contributed by atoms with Crippen LogP contribution in [-0.2, 0) is 14.8 Å². The summed E-state index contributed by atoms with van der Waals surface area (Å²) < 4.78 is 33.6. The fourth-order valence-electron chi connectivity index (χ4n) is 2.80. The number of aromatic nitrogens is 1. The number of esters is 1. The van der Waals surface area contributed by atoms with Crippen molar-refractivity contribution in [2.45, 2.75) is 17.9 Å². The zero-order valence-electron chi connectivity index (χ0n) is 15.1. The van der Waals surface area contributed by atoms with Gasteiger partial charge in [-0.3, -0.25) is 4.79 Å². The van der Waals surface area contributed by atoms with Crippen LogP contribution in [-0.4, -0.2) is 38.4 Å². The van der Waals surface area contributed by atoms with E-state index in [-0.39, 0.29) is 22.0 Å². The van der Waals surface area contributed by atoms with Gasteiger partial charge in [0.15, 0.2) is 6.10 Å². The van der Waals surface area contributed by atoms with Gasteiger partial charge in [0.1, 0.15) is 10.6 Å². The number of ether oxygens (including phenoxy) is 2. The Morgan fingerprint density at radius 2 is 1.86 bits per heavy atom. The van der Waals surface area contributed by atoms with Crippen molar-refractivity contribution in [1.82, 2.24) is 4.98 Å². The second kappa shape index (κ2) is 7.45. The van der Waals surface area contributed by atoms with Gasteiger partial charge in [-0.2, -0.15) is 0 Å². The maximum atomic E-state index is 12.7. The molecule has 3 rings (SSSR count). The molecule has 0 fully saturated rings. The first-order valence-corrected chi connectivity index (χ1v) is 9.79. The molecule has 1 atom stereocenters. The summed E-state index contributed by atoms with van der Waals surface area (Å²) in [5, 5.41) is 5.87. The highest BCUT2D eigenvalue weighted by atomic mass is 32.2. The van der Waals surface area contributed by atoms with Crippen LogP contribution in [0, 0.1) is 0 Å². The lowest BCUT2D eigenvalue weighted by molar-refractivity contribution is 0.0319. The number of para-hydroxylation sites is 1. The molecule has 8 nitrogen and oxygen atoms in total. The minimum Gasteiger partial charge on any atom is -0.495 e. The van der Waals surface area contributed by atoms with Crippen molar-refractivity contribution < 1.29 is 27.5 Å². The number of aromatic amines is 1. The molecule has 0 radical (unpaired) electrons. The van der Waals surface area contributed by atoms with Gasteiger partial charge in [0.2, 0.25) is 15.8 Å². The van der Waals surface area contributed by atoms with Crippen molar-refractivity contribution in [1.29, 1.82) is 0 Å². The van der Waals surface area contributed by atoms with Crippen LogP contribution in [0.2, 0.25) is 0 Å². The minimum absolute atomic E-state index is 0.00182. The fourth-order valence-corrected chi connectivity index (χ4v) is 3.53. The normalized spacial score (nSPS) is 12.5. The van der Waals surface area contributed by atoms with Crippen molar-refractivity contribution in [2.24, 2.45) is 5.14 Å². The summed E-state index contributed by atoms with van der Waals surface area (Å²) in [4.78, 5) is 27.7. The molecule has 146 valence electrons. The Bertz CT molecular complexity index is 1170. The number of methoxy groups -OCH3 is 1. The Kier molecular flexibility index (Phi) is 5.21. The van der Waals surface area contributed by atoms with Crippen LogP contribution >= 0.6 is 0 Å². The molecule has 0 spiro atoms. The SMILES string of the molecule is COc1ccc(C(=O)OC(C)C(=O)c2c[nH]c3ccccc23)cc1S(N)(=O)=O. The Hall–Kier alpha value is -3.17. The molecule has 0 saturated carbocycles. The van der Waals surface area contributed by atoms with Gasteiger partial charge in [-0.15, -0.1) is 0 Å². The number of nitrogens with one attached hydrogen (secondary N) is 1. The van der Waals surface area contributed by atoms with E-state index >= 15 is 0 Å². The number of fused-ring (bicyclic) bond motifs is 1. The number of rotatable bonds is 6. The molecule has 0 saturated heterocycles. The number of benzene rings is 2. The van der Waals surface area contributed by atoms with Gasteiger partial charge < -0.3 is 14.5 Å². The predicted molar refractivity (Wildman–Crippen MR) is 102 cm³/mol. The van der Waals surface area contributed by atoms with Crippen molar-refractivity contribution >= 4 is 32.7 Å². The van der Waals surface area contributed by atoms with E-state index in [0.29, 0.717) is 5.56 Å². The van der Waals surface area contributed by atoms with Gasteiger partial charge in [0, 0.05) is 22.7 Å². The van der Waals surface area contributed by atoms with Crippen molar-refractivity contribution in [2.75, 3.05) is 7.11 Å². The second-order valence-electron chi connectivity index (χ2n) is 6.07. The smallest absolute Gasteiger partial charge is 0.338 e. The Balaban J connectivity index is 1.83. The van der Waals surface area contributed by atoms with Crippen LogP contribution in [0.4, 0.5) is 0 Å². The number of primary sulfonamides is 1. The van der Waals surface area contributed by atoms with Gasteiger partial charge in [-0.1, -0.05) is 18.2 Å². The number of hydrogen-bond acceptors (Lipinski definition) is 6. The monoisotopic (exact) mass is 402 g/mol. The Morgan fingerprint density at radius 1 is 1.14 bits per heavy atom. The zero-order valence-corrected chi connectivity index (χ0v) is 15.9. The van der Waals surface area contributed by atoms with Gasteiger partial charge in [0.05, 0.1) is 12.7 Å². The lowest BCUT2D eigenvalue weighted by atomic mass is 10.1. The largest absolute Gasteiger partial charge is 0.495 e. The number of ketones is 1. The zero-order chi connectivity index (χ0) is 20.5. The third kappa shape index (κ3) is 3.75. The summed E-state index contributed by atoms with van der Waals surface area (Å²) in [5.74, 6) is -1.24. The van der Waals surface area contributed by atoms with E-state index in [0.717, 1.165) is 17.0 Å². The van der Waals surface area contributed by atoms with Crippen LogP contribution in [0.25, 0.3) is 10.9 Å². The highest BCUT2D eigenvalue weighted by molar-refractivity contribution is 7.89. The van der Waals surface area contributed by atoms with Gasteiger partial charge in [-0.25, -0.2) is 18.4 Å². The Morgan fingerprint density at radius 3 is 2.54 bits per heavy atom. The molecule has 0 aliphatic carbocycles. The standard InChI is InChI=1S/C19H18N2O6S/c1-11(18(22)14-10-21-15-6-4-3-5-13(14)15)27-19(23)12-7-8-16(26-2)17(9-12)28(20,24)25/h3-11,21H,1-2H3,(H2,20,24,25). The van der Waals surface area contributed by atoms with E-state index in [4.69, 9.17) is 14.6 Å². The second-order valence-corrected chi connectivity index (χ2v) is 7.60. The van der Waals surface area contributed by atoms with E-state index in [2.05, 4.69) is 4.98 Å². The molecule has 0 amide bonds. The predicted octanol–water partition coefficient (Wildman–Crippen LogP) is 2.25. The molecule has 2 aromatic carbocycles. The number of nitrogens with two attached hydrogens (primary N) is 1. The summed E-state index contributed by atoms with van der Waals surface area (Å²) in [7, 11) is -2.83. The molecule has 3 N–H and O–H groups in total. The van der Waals surface area contributed by atoms with Gasteiger partial charge in [-0.05, 0) is 31.2 Å². The number of sulfonamides is 1. The van der Waals surface area contributed by atoms with Gasteiger partial charge in [0.25, 0.3) is 0 Å². The van der Waals surface area contributed by atoms with Crippen LogP contribution in [0.5, 0.6) is 5.75 Å². The first-order valence-electron chi connectivity index (χ1n) is 8.24. The van der Waals surface area contributed by atoms with E-state index in [9.17, 15) is 18.0 Å². The van der Waals surface area contributed by atoms with Crippen LogP contribution in [0.3, 0.4) is 0 Å². The van der Waals surface area contributed by atoms with Crippen molar-refractivity contribution in [3.8, 4) is 5.75 Å². The van der Waals surface area contributed by atoms with Crippen LogP contribution < -0.4 is 9.88 Å². The number of Topliss-reactive ketones (excluding diaryl/α,β-unsaturated/α-hetero) is 1. The lowest BCUT2D eigenvalue weighted by Crippen LogP contribution is -2.24. The Labute approximate surface area is 161 Å². The summed E-state index contributed by atoms with van der Waals surface area (Å²) >= 11 is 0. The lowest BCUT2D eigenvalue weighted by Gasteiger charge is -2.13. The number of carbonyl (C=O) groups is 2. The topological polar surface area (TPSA) is 129 Å². The average molecular weight is 402 g/mol. The van der Waals surface area contributed by atoms with Crippen molar-refractivity contribution in [3.05, 3.63) is 59.8 Å². The van der Waals surface area contributed by atoms with Crippen LogP contribution in [0.1, 0.15) is 27.6 Å². The molecule has 1 unspecified atom stereocenters. The maximum absolute atomic E-state index is 12.7. The molecule has 1 heterocycles. The molecule has 0 aliphatic heterocycles. The van der Waals surface area contributed by atoms with Gasteiger partial charge >= 0.3 is 5.97 Å².